The first kappa shape index (κ1) is 68.2. The van der Waals surface area contributed by atoms with Crippen LogP contribution in [0.4, 0.5) is 0 Å². The summed E-state index contributed by atoms with van der Waals surface area (Å²) in [5.74, 6) is 0.0715. The number of hydrogen-bond donors (Lipinski definition) is 1. The van der Waals surface area contributed by atoms with Crippen LogP contribution in [0.15, 0.2) is 164 Å². The van der Waals surface area contributed by atoms with Crippen LogP contribution >= 0.6 is 0 Å². The van der Waals surface area contributed by atoms with Gasteiger partial charge in [-0.05, 0) is 59.9 Å². The molecular weight excluding hydrogens is 1040 g/mol. The molecule has 0 unspecified atom stereocenters. The zero-order valence-corrected chi connectivity index (χ0v) is 52.0. The molecule has 1 aliphatic rings. The van der Waals surface area contributed by atoms with E-state index >= 15 is 0 Å². The van der Waals surface area contributed by atoms with Crippen molar-refractivity contribution in [2.24, 2.45) is 0 Å². The van der Waals surface area contributed by atoms with Gasteiger partial charge in [0.1, 0.15) is 24.4 Å². The summed E-state index contributed by atoms with van der Waals surface area (Å²) >= 11 is 0. The normalized spacial score (nSPS) is 17.8. The highest BCUT2D eigenvalue weighted by atomic mass is 16.6. The number of benzene rings is 5. The first-order chi connectivity index (χ1) is 41.6. The van der Waals surface area contributed by atoms with Gasteiger partial charge in [0, 0.05) is 6.42 Å². The fourth-order valence-corrected chi connectivity index (χ4v) is 11.6. The van der Waals surface area contributed by atoms with Crippen molar-refractivity contribution >= 4 is 5.91 Å². The molecule has 7 atom stereocenters. The van der Waals surface area contributed by atoms with Gasteiger partial charge >= 0.3 is 0 Å². The molecule has 460 valence electrons. The van der Waals surface area contributed by atoms with Crippen molar-refractivity contribution in [3.63, 3.8) is 0 Å². The molecule has 1 fully saturated rings. The van der Waals surface area contributed by atoms with Crippen LogP contribution < -0.4 is 5.32 Å². The van der Waals surface area contributed by atoms with Gasteiger partial charge in [-0.1, -0.05) is 319 Å². The van der Waals surface area contributed by atoms with Crippen LogP contribution in [-0.2, 0) is 66.3 Å². The minimum Gasteiger partial charge on any atom is -0.374 e. The lowest BCUT2D eigenvalue weighted by Crippen LogP contribution is -2.61. The second-order valence-electron chi connectivity index (χ2n) is 23.8. The number of carbonyl (C=O) groups excluding carboxylic acids is 1. The Bertz CT molecular complexity index is 2350. The first-order valence-electron chi connectivity index (χ1n) is 33.4. The van der Waals surface area contributed by atoms with Gasteiger partial charge < -0.3 is 33.7 Å². The second kappa shape index (κ2) is 44.5. The Balaban J connectivity index is 1.23. The molecule has 0 bridgehead atoms. The third-order valence-corrected chi connectivity index (χ3v) is 16.6. The van der Waals surface area contributed by atoms with E-state index in [0.29, 0.717) is 52.3 Å². The Hall–Kier alpha value is -4.93. The van der Waals surface area contributed by atoms with Crippen LogP contribution in [0.5, 0.6) is 0 Å². The topological polar surface area (TPSA) is 84.5 Å². The van der Waals surface area contributed by atoms with Crippen LogP contribution in [-0.4, -0.2) is 55.2 Å². The van der Waals surface area contributed by atoms with Crippen molar-refractivity contribution in [1.82, 2.24) is 5.32 Å². The summed E-state index contributed by atoms with van der Waals surface area (Å²) in [5, 5.41) is 3.58. The number of hydrogen-bond acceptors (Lipinski definition) is 7. The predicted molar refractivity (Wildman–Crippen MR) is 347 cm³/mol. The van der Waals surface area contributed by atoms with Crippen molar-refractivity contribution in [2.75, 3.05) is 6.61 Å². The van der Waals surface area contributed by atoms with Crippen LogP contribution in [0.1, 0.15) is 221 Å². The molecule has 0 radical (unpaired) electrons. The van der Waals surface area contributed by atoms with E-state index < -0.39 is 30.5 Å². The summed E-state index contributed by atoms with van der Waals surface area (Å²) in [6, 6.07) is 51.3. The molecule has 1 amide bonds. The minimum atomic E-state index is -0.544. The molecule has 0 saturated carbocycles. The average Bonchev–Trinajstić information content (AvgIpc) is 3.68. The van der Waals surface area contributed by atoms with Gasteiger partial charge in [0.05, 0.1) is 57.9 Å². The van der Waals surface area contributed by atoms with E-state index in [1.807, 2.05) is 66.7 Å². The smallest absolute Gasteiger partial charge is 0.220 e. The molecule has 1 aliphatic heterocycles. The number of amides is 1. The summed E-state index contributed by atoms with van der Waals surface area (Å²) in [6.07, 6.45) is 35.1. The molecule has 0 aliphatic carbocycles. The summed E-state index contributed by atoms with van der Waals surface area (Å²) in [5.41, 5.74) is 5.36. The Morgan fingerprint density at radius 2 is 0.810 bits per heavy atom. The summed E-state index contributed by atoms with van der Waals surface area (Å²) in [4.78, 5) is 14.4. The van der Waals surface area contributed by atoms with Crippen molar-refractivity contribution < 1.29 is 33.2 Å². The lowest BCUT2D eigenvalue weighted by molar-refractivity contribution is -0.274. The minimum absolute atomic E-state index is 0.0715. The van der Waals surface area contributed by atoms with E-state index in [1.165, 1.54) is 135 Å². The quantitative estimate of drug-likeness (QED) is 0.0307. The molecule has 8 heteroatoms. The molecular formula is C76H109NO7. The fraction of sp³-hybridized carbons (Fsp3) is 0.566. The highest BCUT2D eigenvalue weighted by Crippen LogP contribution is 2.34. The molecule has 84 heavy (non-hydrogen) atoms. The lowest BCUT2D eigenvalue weighted by Gasteiger charge is -2.46. The SMILES string of the molecule is CCCCCCCCCCCCC/C=C/[C@@H](OCc1ccccc1)[C@H](CC[C@@H]1O[C@H](COCc2ccccc2)[C@H](OCc2ccccc2)[C@H](OCc2ccccc2)[C@H]1OCc1ccccc1)NC(=O)CCCCCCCCCCCCCCC. The highest BCUT2D eigenvalue weighted by molar-refractivity contribution is 5.76. The molecule has 5 aromatic carbocycles. The number of rotatable bonds is 48. The number of carbonyl (C=O) groups is 1. The van der Waals surface area contributed by atoms with E-state index in [0.717, 1.165) is 53.5 Å². The van der Waals surface area contributed by atoms with Crippen LogP contribution in [0.2, 0.25) is 0 Å². The second-order valence-corrected chi connectivity index (χ2v) is 23.8. The van der Waals surface area contributed by atoms with Crippen molar-refractivity contribution in [3.05, 3.63) is 192 Å². The predicted octanol–water partition coefficient (Wildman–Crippen LogP) is 19.3. The Morgan fingerprint density at radius 1 is 0.440 bits per heavy atom. The summed E-state index contributed by atoms with van der Waals surface area (Å²) < 4.78 is 42.3. The number of allylic oxidation sites excluding steroid dienone is 1. The fourth-order valence-electron chi connectivity index (χ4n) is 11.6. The van der Waals surface area contributed by atoms with Crippen molar-refractivity contribution in [3.8, 4) is 0 Å². The zero-order valence-electron chi connectivity index (χ0n) is 52.0. The molecule has 5 aromatic rings. The van der Waals surface area contributed by atoms with E-state index in [1.54, 1.807) is 0 Å². The summed E-state index contributed by atoms with van der Waals surface area (Å²) in [6.45, 7) is 6.81. The van der Waals surface area contributed by atoms with Crippen LogP contribution in [0, 0.1) is 0 Å². The average molecular weight is 1150 g/mol. The molecule has 1 saturated heterocycles. The number of unbranched alkanes of at least 4 members (excludes halogenated alkanes) is 23. The van der Waals surface area contributed by atoms with E-state index in [2.05, 4.69) is 116 Å². The zero-order chi connectivity index (χ0) is 58.6. The van der Waals surface area contributed by atoms with Crippen LogP contribution in [0.3, 0.4) is 0 Å². The number of nitrogens with one attached hydrogen (secondary N) is 1. The maximum atomic E-state index is 14.4. The lowest BCUT2D eigenvalue weighted by atomic mass is 9.90. The maximum Gasteiger partial charge on any atom is 0.220 e. The monoisotopic (exact) mass is 1150 g/mol. The third-order valence-electron chi connectivity index (χ3n) is 16.6. The molecule has 0 aromatic heterocycles. The van der Waals surface area contributed by atoms with Crippen LogP contribution in [0.25, 0.3) is 0 Å². The molecule has 6 rings (SSSR count). The van der Waals surface area contributed by atoms with Gasteiger partial charge in [0.15, 0.2) is 0 Å². The Labute approximate surface area is 509 Å². The maximum absolute atomic E-state index is 14.4. The van der Waals surface area contributed by atoms with Gasteiger partial charge in [-0.3, -0.25) is 4.79 Å². The highest BCUT2D eigenvalue weighted by Gasteiger charge is 2.48. The van der Waals surface area contributed by atoms with E-state index in [9.17, 15) is 4.79 Å². The Morgan fingerprint density at radius 3 is 1.25 bits per heavy atom. The molecule has 1 N–H and O–H groups in total. The van der Waals surface area contributed by atoms with Gasteiger partial charge in [-0.2, -0.15) is 0 Å². The van der Waals surface area contributed by atoms with Crippen molar-refractivity contribution in [2.45, 2.75) is 269 Å². The first-order valence-corrected chi connectivity index (χ1v) is 33.4. The third kappa shape index (κ3) is 29.0. The summed E-state index contributed by atoms with van der Waals surface area (Å²) in [7, 11) is 0. The van der Waals surface area contributed by atoms with Gasteiger partial charge in [0.25, 0.3) is 0 Å². The number of ether oxygens (including phenoxy) is 6. The van der Waals surface area contributed by atoms with Gasteiger partial charge in [-0.25, -0.2) is 0 Å². The molecule has 1 heterocycles. The van der Waals surface area contributed by atoms with E-state index in [4.69, 9.17) is 28.4 Å². The molecule has 0 spiro atoms. The standard InChI is InChI=1S/C76H109NO7/c1-3-5-7-9-11-13-15-17-19-21-23-25-42-54-70(80-59-65-46-34-28-35-47-65)69(77-73(78)55-43-26-24-22-20-18-16-14-12-10-8-6-4-2)56-57-71-74(81-60-66-48-36-29-37-49-66)76(83-62-68-52-40-31-41-53-68)75(82-61-67-50-38-30-39-51-67)72(84-71)63-79-58-64-44-32-27-33-45-64/h27-42,44-54,69-72,74-76H,3-26,43,55-63H2,1-2H3,(H,77,78)/b54-42+/t69-,70+,71-,72+,74-,75-,76+/m0/s1. The Kier molecular flexibility index (Phi) is 36.1. The molecule has 8 nitrogen and oxygen atoms in total. The van der Waals surface area contributed by atoms with Gasteiger partial charge in [0.2, 0.25) is 5.91 Å². The van der Waals surface area contributed by atoms with Crippen molar-refractivity contribution in [1.29, 1.82) is 0 Å². The van der Waals surface area contributed by atoms with E-state index in [-0.39, 0.29) is 24.7 Å². The van der Waals surface area contributed by atoms with Gasteiger partial charge in [-0.15, -0.1) is 0 Å². The largest absolute Gasteiger partial charge is 0.374 e.